The first-order chi connectivity index (χ1) is 12.3. The summed E-state index contributed by atoms with van der Waals surface area (Å²) < 4.78 is 18.9. The molecule has 0 bridgehead atoms. The standard InChI is InChI=1S/C19H27FN2O4/c1-14(6-7-15-4-3-5-16(20)10-15)19(25)22-8-9-26-17(12-22)11-21(2)13-18(23)24/h3-5,10,14,17H,6-9,11-13H2,1-2H3,(H,23,24). The quantitative estimate of drug-likeness (QED) is 0.757. The number of carboxylic acid groups (broad SMARTS) is 1. The van der Waals surface area contributed by atoms with E-state index in [1.807, 2.05) is 13.0 Å². The smallest absolute Gasteiger partial charge is 0.317 e. The number of hydrogen-bond donors (Lipinski definition) is 1. The van der Waals surface area contributed by atoms with Crippen LogP contribution in [-0.4, -0.2) is 72.7 Å². The van der Waals surface area contributed by atoms with E-state index in [0.29, 0.717) is 39.1 Å². The molecule has 7 heteroatoms. The molecular formula is C19H27FN2O4. The minimum atomic E-state index is -0.887. The van der Waals surface area contributed by atoms with Gasteiger partial charge in [-0.05, 0) is 37.6 Å². The van der Waals surface area contributed by atoms with Crippen LogP contribution in [0.25, 0.3) is 0 Å². The summed E-state index contributed by atoms with van der Waals surface area (Å²) in [6.45, 7) is 3.76. The fourth-order valence-electron chi connectivity index (χ4n) is 3.18. The molecule has 1 aliphatic rings. The Labute approximate surface area is 153 Å². The second kappa shape index (κ2) is 9.64. The molecule has 1 N–H and O–H groups in total. The Kier molecular flexibility index (Phi) is 7.53. The fraction of sp³-hybridized carbons (Fsp3) is 0.579. The van der Waals surface area contributed by atoms with Gasteiger partial charge in [-0.25, -0.2) is 4.39 Å². The maximum absolute atomic E-state index is 13.2. The summed E-state index contributed by atoms with van der Waals surface area (Å²) in [5, 5.41) is 8.83. The molecule has 0 radical (unpaired) electrons. The highest BCUT2D eigenvalue weighted by molar-refractivity contribution is 5.78. The highest BCUT2D eigenvalue weighted by Crippen LogP contribution is 2.16. The first kappa shape index (κ1) is 20.3. The van der Waals surface area contributed by atoms with Crippen molar-refractivity contribution in [2.45, 2.75) is 25.9 Å². The van der Waals surface area contributed by atoms with E-state index >= 15 is 0 Å². The van der Waals surface area contributed by atoms with Crippen LogP contribution in [0.5, 0.6) is 0 Å². The zero-order valence-electron chi connectivity index (χ0n) is 15.4. The van der Waals surface area contributed by atoms with Crippen LogP contribution >= 0.6 is 0 Å². The van der Waals surface area contributed by atoms with Gasteiger partial charge in [-0.1, -0.05) is 19.1 Å². The Balaban J connectivity index is 1.82. The van der Waals surface area contributed by atoms with Crippen molar-refractivity contribution in [3.05, 3.63) is 35.6 Å². The first-order valence-corrected chi connectivity index (χ1v) is 8.90. The van der Waals surface area contributed by atoms with Gasteiger partial charge in [0.25, 0.3) is 0 Å². The van der Waals surface area contributed by atoms with Gasteiger partial charge in [-0.15, -0.1) is 0 Å². The molecule has 0 spiro atoms. The topological polar surface area (TPSA) is 70.1 Å². The molecule has 1 saturated heterocycles. The summed E-state index contributed by atoms with van der Waals surface area (Å²) in [7, 11) is 1.72. The molecule has 1 heterocycles. The van der Waals surface area contributed by atoms with E-state index in [9.17, 15) is 14.0 Å². The van der Waals surface area contributed by atoms with Crippen molar-refractivity contribution >= 4 is 11.9 Å². The number of amides is 1. The van der Waals surface area contributed by atoms with Gasteiger partial charge >= 0.3 is 5.97 Å². The number of morpholine rings is 1. The van der Waals surface area contributed by atoms with Crippen LogP contribution in [0.4, 0.5) is 4.39 Å². The number of carbonyl (C=O) groups is 2. The van der Waals surface area contributed by atoms with E-state index in [1.54, 1.807) is 22.9 Å². The van der Waals surface area contributed by atoms with Gasteiger partial charge < -0.3 is 14.7 Å². The van der Waals surface area contributed by atoms with E-state index in [1.165, 1.54) is 12.1 Å². The Morgan fingerprint density at radius 2 is 2.23 bits per heavy atom. The Bertz CT molecular complexity index is 625. The van der Waals surface area contributed by atoms with Gasteiger partial charge in [0.15, 0.2) is 0 Å². The number of nitrogens with zero attached hydrogens (tertiary/aromatic N) is 2. The molecule has 1 aromatic carbocycles. The van der Waals surface area contributed by atoms with Crippen molar-refractivity contribution in [1.82, 2.24) is 9.80 Å². The van der Waals surface area contributed by atoms with Gasteiger partial charge in [0.1, 0.15) is 5.82 Å². The summed E-state index contributed by atoms with van der Waals surface area (Å²) in [6, 6.07) is 6.45. The second-order valence-corrected chi connectivity index (χ2v) is 6.94. The fourth-order valence-corrected chi connectivity index (χ4v) is 3.18. The van der Waals surface area contributed by atoms with Crippen molar-refractivity contribution in [2.75, 3.05) is 39.8 Å². The molecular weight excluding hydrogens is 339 g/mol. The van der Waals surface area contributed by atoms with Crippen molar-refractivity contribution in [3.63, 3.8) is 0 Å². The zero-order valence-corrected chi connectivity index (χ0v) is 15.4. The third kappa shape index (κ3) is 6.38. The highest BCUT2D eigenvalue weighted by atomic mass is 19.1. The number of ether oxygens (including phenoxy) is 1. The summed E-state index contributed by atoms with van der Waals surface area (Å²) in [4.78, 5) is 26.9. The van der Waals surface area contributed by atoms with Gasteiger partial charge in [-0.2, -0.15) is 0 Å². The predicted octanol–water partition coefficient (Wildman–Crippen LogP) is 1.64. The molecule has 0 saturated carbocycles. The number of carbonyl (C=O) groups excluding carboxylic acids is 1. The van der Waals surface area contributed by atoms with E-state index in [0.717, 1.165) is 5.56 Å². The second-order valence-electron chi connectivity index (χ2n) is 6.94. The minimum Gasteiger partial charge on any atom is -0.480 e. The molecule has 6 nitrogen and oxygen atoms in total. The van der Waals surface area contributed by atoms with E-state index in [2.05, 4.69) is 0 Å². The van der Waals surface area contributed by atoms with Crippen LogP contribution in [0.2, 0.25) is 0 Å². The van der Waals surface area contributed by atoms with Crippen LogP contribution in [0.15, 0.2) is 24.3 Å². The number of likely N-dealkylation sites (N-methyl/N-ethyl adjacent to an activating group) is 1. The molecule has 0 aromatic heterocycles. The third-order valence-electron chi connectivity index (χ3n) is 4.55. The predicted molar refractivity (Wildman–Crippen MR) is 95.3 cm³/mol. The number of halogens is 1. The molecule has 1 aromatic rings. The lowest BCUT2D eigenvalue weighted by Gasteiger charge is -2.36. The first-order valence-electron chi connectivity index (χ1n) is 8.90. The monoisotopic (exact) mass is 366 g/mol. The highest BCUT2D eigenvalue weighted by Gasteiger charge is 2.28. The number of aryl methyl sites for hydroxylation is 1. The average Bonchev–Trinajstić information content (AvgIpc) is 2.58. The molecule has 2 rings (SSSR count). The number of hydrogen-bond acceptors (Lipinski definition) is 4. The Hall–Kier alpha value is -1.99. The van der Waals surface area contributed by atoms with Crippen LogP contribution in [0.3, 0.4) is 0 Å². The van der Waals surface area contributed by atoms with Gasteiger partial charge in [0.05, 0.1) is 19.3 Å². The lowest BCUT2D eigenvalue weighted by molar-refractivity contribution is -0.145. The molecule has 1 aliphatic heterocycles. The molecule has 2 atom stereocenters. The molecule has 1 amide bonds. The maximum atomic E-state index is 13.2. The van der Waals surface area contributed by atoms with Gasteiger partial charge in [0, 0.05) is 25.6 Å². The Morgan fingerprint density at radius 3 is 2.92 bits per heavy atom. The number of rotatable bonds is 8. The van der Waals surface area contributed by atoms with Crippen molar-refractivity contribution in [2.24, 2.45) is 5.92 Å². The summed E-state index contributed by atoms with van der Waals surface area (Å²) >= 11 is 0. The van der Waals surface area contributed by atoms with Crippen LogP contribution in [0, 0.1) is 11.7 Å². The van der Waals surface area contributed by atoms with Gasteiger partial charge in [0.2, 0.25) is 5.91 Å². The van der Waals surface area contributed by atoms with Gasteiger partial charge in [-0.3, -0.25) is 14.5 Å². The lowest BCUT2D eigenvalue weighted by Crippen LogP contribution is -2.50. The number of carboxylic acids is 1. The van der Waals surface area contributed by atoms with E-state index in [4.69, 9.17) is 9.84 Å². The zero-order chi connectivity index (χ0) is 19.1. The van der Waals surface area contributed by atoms with Crippen LogP contribution in [0.1, 0.15) is 18.9 Å². The van der Waals surface area contributed by atoms with Crippen LogP contribution in [-0.2, 0) is 20.7 Å². The summed E-state index contributed by atoms with van der Waals surface area (Å²) in [5.74, 6) is -1.24. The molecule has 26 heavy (non-hydrogen) atoms. The average molecular weight is 366 g/mol. The maximum Gasteiger partial charge on any atom is 0.317 e. The Morgan fingerprint density at radius 1 is 1.46 bits per heavy atom. The minimum absolute atomic E-state index is 0.0577. The van der Waals surface area contributed by atoms with Crippen molar-refractivity contribution in [3.8, 4) is 0 Å². The number of aliphatic carboxylic acids is 1. The summed E-state index contributed by atoms with van der Waals surface area (Å²) in [5.41, 5.74) is 0.889. The SMILES string of the molecule is CC(CCc1cccc(F)c1)C(=O)N1CCOC(CN(C)CC(=O)O)C1. The molecule has 2 unspecified atom stereocenters. The summed E-state index contributed by atoms with van der Waals surface area (Å²) in [6.07, 6.45) is 1.12. The number of benzene rings is 1. The molecule has 144 valence electrons. The van der Waals surface area contributed by atoms with E-state index in [-0.39, 0.29) is 30.3 Å². The van der Waals surface area contributed by atoms with E-state index < -0.39 is 5.97 Å². The molecule has 1 fully saturated rings. The normalized spacial score (nSPS) is 18.8. The largest absolute Gasteiger partial charge is 0.480 e. The van der Waals surface area contributed by atoms with Crippen LogP contribution < -0.4 is 0 Å². The van der Waals surface area contributed by atoms with Crippen molar-refractivity contribution in [1.29, 1.82) is 0 Å². The molecule has 0 aliphatic carbocycles. The lowest BCUT2D eigenvalue weighted by atomic mass is 9.99. The third-order valence-corrected chi connectivity index (χ3v) is 4.55. The van der Waals surface area contributed by atoms with Crippen molar-refractivity contribution < 1.29 is 23.8 Å².